The monoisotopic (exact) mass is 336 g/mol. The highest BCUT2D eigenvalue weighted by molar-refractivity contribution is 7.88. The first-order chi connectivity index (χ1) is 10.1. The quantitative estimate of drug-likeness (QED) is 0.274. The molecule has 0 bridgehead atoms. The molecule has 2 saturated heterocycles. The predicted octanol–water partition coefficient (Wildman–Crippen LogP) is -3.14. The zero-order valence-electron chi connectivity index (χ0n) is 11.0. The number of imide groups is 1. The van der Waals surface area contributed by atoms with Crippen LogP contribution in [0.4, 0.5) is 14.4 Å². The lowest BCUT2D eigenvalue weighted by Gasteiger charge is -2.35. The summed E-state index contributed by atoms with van der Waals surface area (Å²) in [6.45, 7) is -0.621. The molecule has 0 aliphatic carbocycles. The first kappa shape index (κ1) is 15.8. The molecule has 0 radical (unpaired) electrons. The normalized spacial score (nSPS) is 21.7. The fourth-order valence-corrected chi connectivity index (χ4v) is 2.86. The molecule has 1 atom stereocenters. The summed E-state index contributed by atoms with van der Waals surface area (Å²) in [7, 11) is -4.49. The summed E-state index contributed by atoms with van der Waals surface area (Å²) in [5.41, 5.74) is 4.71. The van der Waals surface area contributed by atoms with E-state index in [2.05, 4.69) is 4.74 Å². The third kappa shape index (κ3) is 2.73. The van der Waals surface area contributed by atoms with Gasteiger partial charge >= 0.3 is 28.4 Å². The van der Waals surface area contributed by atoms with E-state index in [1.54, 1.807) is 4.72 Å². The van der Waals surface area contributed by atoms with Crippen molar-refractivity contribution < 1.29 is 32.3 Å². The molecule has 14 heteroatoms. The number of hydrogen-bond donors (Lipinski definition) is 3. The minimum Gasteiger partial charge on any atom is -0.434 e. The average Bonchev–Trinajstić information content (AvgIpc) is 2.73. The molecule has 2 heterocycles. The Morgan fingerprint density at radius 2 is 1.91 bits per heavy atom. The molecule has 13 nitrogen and oxygen atoms in total. The number of hydrogen-bond acceptors (Lipinski definition) is 8. The van der Waals surface area contributed by atoms with E-state index < -0.39 is 40.4 Å². The molecule has 0 aromatic rings. The van der Waals surface area contributed by atoms with Gasteiger partial charge in [-0.15, -0.1) is 0 Å². The van der Waals surface area contributed by atoms with Crippen molar-refractivity contribution in [3.05, 3.63) is 0 Å². The average molecular weight is 336 g/mol. The molecule has 22 heavy (non-hydrogen) atoms. The lowest BCUT2D eigenvalue weighted by atomic mass is 10.1. The van der Waals surface area contributed by atoms with Crippen molar-refractivity contribution in [3.63, 3.8) is 0 Å². The lowest BCUT2D eigenvalue weighted by Crippen LogP contribution is -2.64. The van der Waals surface area contributed by atoms with Crippen LogP contribution in [-0.4, -0.2) is 72.4 Å². The molecule has 0 aromatic carbocycles. The van der Waals surface area contributed by atoms with Crippen LogP contribution in [0.2, 0.25) is 0 Å². The standard InChI is InChI=1S/C8H12N6O7S/c9-6(16)21-4-3-12(5(4)15)7(17)11-22(19,20)14-2-1-13(10)8(14)18/h4H,1-3,10H2,(H2,9,16)(H,11,17)/t4-/m0/s1. The fraction of sp³-hybridized carbons (Fsp3) is 0.500. The van der Waals surface area contributed by atoms with Crippen molar-refractivity contribution in [2.24, 2.45) is 11.6 Å². The van der Waals surface area contributed by atoms with E-state index in [9.17, 15) is 27.6 Å². The maximum absolute atomic E-state index is 11.9. The van der Waals surface area contributed by atoms with Crippen molar-refractivity contribution in [1.29, 1.82) is 0 Å². The lowest BCUT2D eigenvalue weighted by molar-refractivity contribution is -0.150. The van der Waals surface area contributed by atoms with Crippen LogP contribution in [-0.2, 0) is 19.7 Å². The minimum atomic E-state index is -4.49. The van der Waals surface area contributed by atoms with Crippen LogP contribution in [0.15, 0.2) is 0 Å². The van der Waals surface area contributed by atoms with Gasteiger partial charge in [-0.3, -0.25) is 14.7 Å². The molecule has 0 saturated carbocycles. The maximum atomic E-state index is 11.9. The predicted molar refractivity (Wildman–Crippen MR) is 66.6 cm³/mol. The number of β-lactam (4-membered cyclic amide) rings is 1. The van der Waals surface area contributed by atoms with Gasteiger partial charge < -0.3 is 10.5 Å². The van der Waals surface area contributed by atoms with Gasteiger partial charge in [0.2, 0.25) is 6.10 Å². The number of nitrogens with one attached hydrogen (secondary N) is 1. The molecule has 2 aliphatic rings. The second kappa shape index (κ2) is 5.30. The van der Waals surface area contributed by atoms with E-state index in [1.807, 2.05) is 0 Å². The van der Waals surface area contributed by atoms with Gasteiger partial charge in [-0.25, -0.2) is 29.3 Å². The van der Waals surface area contributed by atoms with Gasteiger partial charge in [-0.2, -0.15) is 8.42 Å². The number of carbonyl (C=O) groups is 4. The number of ether oxygens (including phenoxy) is 1. The zero-order chi connectivity index (χ0) is 16.7. The summed E-state index contributed by atoms with van der Waals surface area (Å²) >= 11 is 0. The van der Waals surface area contributed by atoms with E-state index in [0.29, 0.717) is 14.2 Å². The number of nitrogens with two attached hydrogens (primary N) is 2. The summed E-state index contributed by atoms with van der Waals surface area (Å²) in [4.78, 5) is 45.6. The molecule has 2 aliphatic heterocycles. The topological polar surface area (TPSA) is 185 Å². The molecule has 2 rings (SSSR count). The second-order valence-corrected chi connectivity index (χ2v) is 5.93. The van der Waals surface area contributed by atoms with E-state index in [0.717, 1.165) is 0 Å². The first-order valence-corrected chi connectivity index (χ1v) is 7.25. The minimum absolute atomic E-state index is 0.0366. The van der Waals surface area contributed by atoms with E-state index in [4.69, 9.17) is 11.6 Å². The number of primary amides is 1. The Bertz CT molecular complexity index is 647. The number of urea groups is 2. The third-order valence-corrected chi connectivity index (χ3v) is 4.25. The van der Waals surface area contributed by atoms with Crippen LogP contribution in [0.3, 0.4) is 0 Å². The number of nitrogens with zero attached hydrogens (tertiary/aromatic N) is 3. The van der Waals surface area contributed by atoms with Crippen molar-refractivity contribution in [1.82, 2.24) is 18.9 Å². The second-order valence-electron chi connectivity index (χ2n) is 4.33. The Balaban J connectivity index is 1.97. The van der Waals surface area contributed by atoms with Gasteiger partial charge in [0, 0.05) is 0 Å². The van der Waals surface area contributed by atoms with Crippen molar-refractivity contribution in [2.45, 2.75) is 6.10 Å². The largest absolute Gasteiger partial charge is 0.434 e. The van der Waals surface area contributed by atoms with Gasteiger partial charge in [0.1, 0.15) is 0 Å². The van der Waals surface area contributed by atoms with Crippen LogP contribution >= 0.6 is 0 Å². The molecule has 0 aromatic heterocycles. The maximum Gasteiger partial charge on any atom is 0.405 e. The Labute approximate surface area is 123 Å². The third-order valence-electron chi connectivity index (χ3n) is 2.90. The smallest absolute Gasteiger partial charge is 0.405 e. The number of carbonyl (C=O) groups excluding carboxylic acids is 4. The van der Waals surface area contributed by atoms with Crippen molar-refractivity contribution >= 4 is 34.3 Å². The Morgan fingerprint density at radius 1 is 1.27 bits per heavy atom. The van der Waals surface area contributed by atoms with E-state index in [-0.39, 0.29) is 19.6 Å². The number of amides is 6. The number of hydrazine groups is 1. The van der Waals surface area contributed by atoms with Gasteiger partial charge in [-0.1, -0.05) is 0 Å². The Morgan fingerprint density at radius 3 is 2.36 bits per heavy atom. The van der Waals surface area contributed by atoms with Crippen LogP contribution in [0.25, 0.3) is 0 Å². The summed E-state index contributed by atoms with van der Waals surface area (Å²) in [5, 5.41) is 0.662. The summed E-state index contributed by atoms with van der Waals surface area (Å²) < 4.78 is 30.0. The van der Waals surface area contributed by atoms with E-state index in [1.165, 1.54) is 0 Å². The van der Waals surface area contributed by atoms with Gasteiger partial charge in [0.05, 0.1) is 19.6 Å². The molecule has 5 N–H and O–H groups in total. The highest BCUT2D eigenvalue weighted by Gasteiger charge is 2.46. The van der Waals surface area contributed by atoms with Crippen molar-refractivity contribution in [3.8, 4) is 0 Å². The highest BCUT2D eigenvalue weighted by atomic mass is 32.2. The van der Waals surface area contributed by atoms with Gasteiger partial charge in [0.15, 0.2) is 0 Å². The molecular formula is C8H12N6O7S. The fourth-order valence-electron chi connectivity index (χ4n) is 1.78. The number of rotatable bonds is 3. The van der Waals surface area contributed by atoms with Crippen molar-refractivity contribution in [2.75, 3.05) is 19.6 Å². The van der Waals surface area contributed by atoms with Crippen LogP contribution in [0.1, 0.15) is 0 Å². The van der Waals surface area contributed by atoms with Crippen LogP contribution < -0.4 is 16.3 Å². The first-order valence-electron chi connectivity index (χ1n) is 5.81. The Kier molecular flexibility index (Phi) is 3.80. The molecule has 0 spiro atoms. The molecule has 0 unspecified atom stereocenters. The summed E-state index contributed by atoms with van der Waals surface area (Å²) in [5.74, 6) is 4.29. The van der Waals surface area contributed by atoms with Crippen LogP contribution in [0.5, 0.6) is 0 Å². The molecule has 6 amide bonds. The van der Waals surface area contributed by atoms with E-state index >= 15 is 0 Å². The molecule has 122 valence electrons. The molecule has 2 fully saturated rings. The van der Waals surface area contributed by atoms with Gasteiger partial charge in [0.25, 0.3) is 5.91 Å². The number of likely N-dealkylation sites (tertiary alicyclic amines) is 1. The highest BCUT2D eigenvalue weighted by Crippen LogP contribution is 2.15. The summed E-state index contributed by atoms with van der Waals surface area (Å²) in [6, 6.07) is -2.29. The molecular weight excluding hydrogens is 324 g/mol. The Hall–Kier alpha value is -2.61. The van der Waals surface area contributed by atoms with Gasteiger partial charge in [-0.05, 0) is 0 Å². The zero-order valence-corrected chi connectivity index (χ0v) is 11.8. The summed E-state index contributed by atoms with van der Waals surface area (Å²) in [6.07, 6.45) is -2.43. The SMILES string of the molecule is NC(=O)O[C@H]1CN(C(=O)NS(=O)(=O)N2CCN(N)C2=O)C1=O. The van der Waals surface area contributed by atoms with Crippen LogP contribution in [0, 0.1) is 0 Å².